The van der Waals surface area contributed by atoms with Crippen LogP contribution >= 0.6 is 22.6 Å². The van der Waals surface area contributed by atoms with Crippen LogP contribution in [0.5, 0.6) is 0 Å². The Hall–Kier alpha value is -0.170. The molecule has 0 spiro atoms. The van der Waals surface area contributed by atoms with E-state index in [-0.39, 0.29) is 0 Å². The van der Waals surface area contributed by atoms with Crippen molar-refractivity contribution in [3.05, 3.63) is 35.9 Å². The molecule has 0 saturated carbocycles. The van der Waals surface area contributed by atoms with Crippen molar-refractivity contribution < 1.29 is 14.2 Å². The Kier molecular flexibility index (Phi) is 37.7. The summed E-state index contributed by atoms with van der Waals surface area (Å²) in [6.45, 7) is 10.0. The van der Waals surface area contributed by atoms with Crippen molar-refractivity contribution in [3.8, 4) is 0 Å². The molecule has 0 aliphatic carbocycles. The number of unbranched alkanes of at least 4 members (excludes halogenated alkanes) is 18. The Bertz CT molecular complexity index is 555. The maximum atomic E-state index is 5.71. The normalized spacial score (nSPS) is 11.0. The summed E-state index contributed by atoms with van der Waals surface area (Å²) in [6.07, 6.45) is 29.3. The van der Waals surface area contributed by atoms with E-state index in [4.69, 9.17) is 14.2 Å². The maximum Gasteiger partial charge on any atom is 0.0716 e. The highest BCUT2D eigenvalue weighted by molar-refractivity contribution is 14.1. The summed E-state index contributed by atoms with van der Waals surface area (Å²) in [7, 11) is 0. The molecule has 0 heterocycles. The molecule has 0 atom stereocenters. The summed E-state index contributed by atoms with van der Waals surface area (Å²) >= 11 is 2.47. The first-order valence-corrected chi connectivity index (χ1v) is 19.2. The molecule has 1 aromatic rings. The summed E-state index contributed by atoms with van der Waals surface area (Å²) in [4.78, 5) is 0. The minimum atomic E-state index is 0.749. The van der Waals surface area contributed by atoms with Crippen LogP contribution in [-0.2, 0) is 20.8 Å². The second-order valence-corrected chi connectivity index (χ2v) is 12.6. The molecule has 3 nitrogen and oxygen atoms in total. The number of hydrogen-bond acceptors (Lipinski definition) is 3. The lowest BCUT2D eigenvalue weighted by Crippen LogP contribution is -1.97. The zero-order valence-electron chi connectivity index (χ0n) is 27.5. The molecule has 41 heavy (non-hydrogen) atoms. The van der Waals surface area contributed by atoms with E-state index in [0.717, 1.165) is 39.6 Å². The summed E-state index contributed by atoms with van der Waals surface area (Å²) in [5.41, 5.74) is 1.27. The van der Waals surface area contributed by atoms with Crippen LogP contribution in [0.1, 0.15) is 161 Å². The molecule has 0 unspecified atom stereocenters. The van der Waals surface area contributed by atoms with Gasteiger partial charge in [-0.15, -0.1) is 0 Å². The van der Waals surface area contributed by atoms with E-state index < -0.39 is 0 Å². The second-order valence-electron chi connectivity index (χ2n) is 11.5. The number of rotatable bonds is 31. The summed E-state index contributed by atoms with van der Waals surface area (Å²) in [6, 6.07) is 10.4. The van der Waals surface area contributed by atoms with E-state index in [1.165, 1.54) is 151 Å². The van der Waals surface area contributed by atoms with Crippen molar-refractivity contribution in [2.45, 2.75) is 162 Å². The quantitative estimate of drug-likeness (QED) is 0.0441. The molecule has 0 aromatic heterocycles. The molecule has 4 heteroatoms. The molecule has 0 amide bonds. The summed E-state index contributed by atoms with van der Waals surface area (Å²) in [5, 5.41) is 0. The lowest BCUT2D eigenvalue weighted by atomic mass is 10.1. The largest absolute Gasteiger partial charge is 0.381 e. The van der Waals surface area contributed by atoms with E-state index in [1.54, 1.807) is 0 Å². The minimum Gasteiger partial charge on any atom is -0.381 e. The van der Waals surface area contributed by atoms with Gasteiger partial charge in [0, 0.05) is 33.0 Å². The molecule has 0 radical (unpaired) electrons. The van der Waals surface area contributed by atoms with Gasteiger partial charge in [-0.05, 0) is 48.5 Å². The zero-order chi connectivity index (χ0) is 29.7. The zero-order valence-corrected chi connectivity index (χ0v) is 29.7. The van der Waals surface area contributed by atoms with Crippen LogP contribution < -0.4 is 0 Å². The van der Waals surface area contributed by atoms with Gasteiger partial charge in [-0.3, -0.25) is 0 Å². The smallest absolute Gasteiger partial charge is 0.0716 e. The van der Waals surface area contributed by atoms with Crippen molar-refractivity contribution in [2.24, 2.45) is 0 Å². The van der Waals surface area contributed by atoms with E-state index in [9.17, 15) is 0 Å². The fraction of sp³-hybridized carbons (Fsp3) is 0.838. The van der Waals surface area contributed by atoms with E-state index >= 15 is 0 Å². The van der Waals surface area contributed by atoms with Crippen LogP contribution in [0.15, 0.2) is 30.3 Å². The third kappa shape index (κ3) is 35.9. The molecule has 1 aromatic carbocycles. The number of benzene rings is 1. The SMILES string of the molecule is CCCCCCOCCCCCCCCCI.CCCCCCOCCCCCCCCCOCc1ccccc1. The average molecular weight is 689 g/mol. The molecule has 0 aliphatic heterocycles. The van der Waals surface area contributed by atoms with Gasteiger partial charge in [-0.25, -0.2) is 0 Å². The second kappa shape index (κ2) is 37.9. The monoisotopic (exact) mass is 688 g/mol. The number of halogens is 1. The first kappa shape index (κ1) is 40.8. The van der Waals surface area contributed by atoms with Gasteiger partial charge in [-0.2, -0.15) is 0 Å². The van der Waals surface area contributed by atoms with Gasteiger partial charge in [0.05, 0.1) is 6.61 Å². The predicted molar refractivity (Wildman–Crippen MR) is 190 cm³/mol. The molecule has 0 saturated heterocycles. The Morgan fingerprint density at radius 1 is 0.415 bits per heavy atom. The van der Waals surface area contributed by atoms with Crippen molar-refractivity contribution in [3.63, 3.8) is 0 Å². The minimum absolute atomic E-state index is 0.749. The molecular weight excluding hydrogens is 619 g/mol. The van der Waals surface area contributed by atoms with Gasteiger partial charge in [0.1, 0.15) is 0 Å². The highest BCUT2D eigenvalue weighted by atomic mass is 127. The van der Waals surface area contributed by atoms with E-state index in [0.29, 0.717) is 0 Å². The Balaban J connectivity index is 0.000000831. The Morgan fingerprint density at radius 2 is 0.756 bits per heavy atom. The van der Waals surface area contributed by atoms with Gasteiger partial charge in [0.15, 0.2) is 0 Å². The third-order valence-electron chi connectivity index (χ3n) is 7.40. The molecule has 0 fully saturated rings. The third-order valence-corrected chi connectivity index (χ3v) is 8.16. The first-order valence-electron chi connectivity index (χ1n) is 17.7. The number of alkyl halides is 1. The van der Waals surface area contributed by atoms with Crippen LogP contribution in [0.25, 0.3) is 0 Å². The number of ether oxygens (including phenoxy) is 3. The fourth-order valence-electron chi connectivity index (χ4n) is 4.70. The first-order chi connectivity index (χ1) is 20.3. The van der Waals surface area contributed by atoms with E-state index in [2.05, 4.69) is 60.7 Å². The van der Waals surface area contributed by atoms with Gasteiger partial charge >= 0.3 is 0 Å². The Labute approximate surface area is 270 Å². The van der Waals surface area contributed by atoms with Gasteiger partial charge in [-0.1, -0.05) is 170 Å². The van der Waals surface area contributed by atoms with Crippen LogP contribution in [-0.4, -0.2) is 37.5 Å². The summed E-state index contributed by atoms with van der Waals surface area (Å²) in [5.74, 6) is 0. The Morgan fingerprint density at radius 3 is 1.15 bits per heavy atom. The van der Waals surface area contributed by atoms with Gasteiger partial charge in [0.2, 0.25) is 0 Å². The highest BCUT2D eigenvalue weighted by Crippen LogP contribution is 2.10. The molecule has 0 aliphatic rings. The van der Waals surface area contributed by atoms with Crippen molar-refractivity contribution >= 4 is 22.6 Å². The average Bonchev–Trinajstić information content (AvgIpc) is 3.00. The summed E-state index contributed by atoms with van der Waals surface area (Å²) < 4.78 is 18.3. The predicted octanol–water partition coefficient (Wildman–Crippen LogP) is 12.3. The molecule has 242 valence electrons. The molecule has 0 N–H and O–H groups in total. The van der Waals surface area contributed by atoms with Gasteiger partial charge < -0.3 is 14.2 Å². The van der Waals surface area contributed by atoms with Crippen LogP contribution in [0.4, 0.5) is 0 Å². The number of hydrogen-bond donors (Lipinski definition) is 0. The topological polar surface area (TPSA) is 27.7 Å². The van der Waals surface area contributed by atoms with Crippen molar-refractivity contribution in [1.29, 1.82) is 0 Å². The van der Waals surface area contributed by atoms with Crippen LogP contribution in [0, 0.1) is 0 Å². The molecule has 0 bridgehead atoms. The molecule has 1 rings (SSSR count). The van der Waals surface area contributed by atoms with E-state index in [1.807, 2.05) is 6.07 Å². The fourth-order valence-corrected chi connectivity index (χ4v) is 5.24. The van der Waals surface area contributed by atoms with Crippen LogP contribution in [0.3, 0.4) is 0 Å². The van der Waals surface area contributed by atoms with Crippen LogP contribution in [0.2, 0.25) is 0 Å². The lowest BCUT2D eigenvalue weighted by molar-refractivity contribution is 0.116. The van der Waals surface area contributed by atoms with Crippen molar-refractivity contribution in [1.82, 2.24) is 0 Å². The van der Waals surface area contributed by atoms with Crippen molar-refractivity contribution in [2.75, 3.05) is 37.5 Å². The molecular formula is C37H69IO3. The van der Waals surface area contributed by atoms with Gasteiger partial charge in [0.25, 0.3) is 0 Å². The maximum absolute atomic E-state index is 5.71. The lowest BCUT2D eigenvalue weighted by Gasteiger charge is -2.05. The standard InChI is InChI=1S/C22H38O2.C15H31IO/c1-2-3-4-13-18-23-19-14-8-6-5-7-9-15-20-24-21-22-16-11-10-12-17-22;1-2-3-4-11-14-17-15-12-9-7-5-6-8-10-13-16/h10-12,16-17H,2-9,13-15,18-21H2,1H3;2-15H2,1H3. The highest BCUT2D eigenvalue weighted by Gasteiger charge is 1.96.